The van der Waals surface area contributed by atoms with Crippen molar-refractivity contribution < 1.29 is 22.8 Å². The van der Waals surface area contributed by atoms with Gasteiger partial charge in [-0.2, -0.15) is 18.3 Å². The van der Waals surface area contributed by atoms with Crippen molar-refractivity contribution in [2.75, 3.05) is 4.90 Å². The van der Waals surface area contributed by atoms with Gasteiger partial charge in [-0.25, -0.2) is 14.9 Å². The topological polar surface area (TPSA) is 79.3 Å². The Morgan fingerprint density at radius 1 is 0.765 bits per heavy atom. The normalized spacial score (nSPS) is 11.0. The predicted molar refractivity (Wildman–Crippen MR) is 120 cm³/mol. The van der Waals surface area contributed by atoms with Crippen molar-refractivity contribution in [1.82, 2.24) is 20.6 Å². The lowest BCUT2D eigenvalue weighted by Gasteiger charge is -2.23. The van der Waals surface area contributed by atoms with Crippen LogP contribution in [0, 0.1) is 0 Å². The van der Waals surface area contributed by atoms with E-state index in [2.05, 4.69) is 16.0 Å². The molecule has 0 radical (unpaired) electrons. The number of carbonyl (C=O) groups is 2. The van der Waals surface area contributed by atoms with Gasteiger partial charge in [-0.05, 0) is 36.4 Å². The number of hydrogen-bond acceptors (Lipinski definition) is 3. The zero-order valence-corrected chi connectivity index (χ0v) is 17.5. The van der Waals surface area contributed by atoms with Crippen LogP contribution in [0.5, 0.6) is 0 Å². The van der Waals surface area contributed by atoms with Gasteiger partial charge >= 0.3 is 12.2 Å². The monoisotopic (exact) mass is 465 g/mol. The maximum absolute atomic E-state index is 13.8. The molecule has 0 aliphatic rings. The number of nitrogens with one attached hydrogen (secondary N) is 2. The van der Waals surface area contributed by atoms with Crippen molar-refractivity contribution in [3.05, 3.63) is 108 Å². The first-order valence-electron chi connectivity index (χ1n) is 10.1. The number of urea groups is 1. The lowest BCUT2D eigenvalue weighted by molar-refractivity contribution is -0.143. The summed E-state index contributed by atoms with van der Waals surface area (Å²) < 4.78 is 42.1. The van der Waals surface area contributed by atoms with Crippen molar-refractivity contribution in [3.8, 4) is 5.69 Å². The van der Waals surface area contributed by atoms with Crippen LogP contribution in [0.1, 0.15) is 16.1 Å². The number of para-hydroxylation sites is 3. The molecule has 7 nitrogen and oxygen atoms in total. The van der Waals surface area contributed by atoms with Crippen molar-refractivity contribution in [2.24, 2.45) is 0 Å². The maximum atomic E-state index is 13.8. The molecule has 0 bridgehead atoms. The number of aromatic nitrogens is 2. The molecule has 0 atom stereocenters. The largest absolute Gasteiger partial charge is 0.434 e. The fraction of sp³-hybridized carbons (Fsp3) is 0.0417. The first-order valence-corrected chi connectivity index (χ1v) is 10.1. The second kappa shape index (κ2) is 9.49. The Morgan fingerprint density at radius 3 is 1.76 bits per heavy atom. The average Bonchev–Trinajstić information content (AvgIpc) is 3.31. The van der Waals surface area contributed by atoms with E-state index in [1.165, 1.54) is 17.0 Å². The minimum absolute atomic E-state index is 0.136. The van der Waals surface area contributed by atoms with E-state index < -0.39 is 29.4 Å². The van der Waals surface area contributed by atoms with Crippen molar-refractivity contribution >= 4 is 23.3 Å². The highest BCUT2D eigenvalue weighted by Crippen LogP contribution is 2.33. The number of carbonyl (C=O) groups excluding carboxylic acids is 2. The van der Waals surface area contributed by atoms with Gasteiger partial charge in [0.05, 0.1) is 28.8 Å². The van der Waals surface area contributed by atoms with E-state index in [9.17, 15) is 22.8 Å². The third-order valence-corrected chi connectivity index (χ3v) is 4.80. The molecular weight excluding hydrogens is 447 g/mol. The highest BCUT2D eigenvalue weighted by atomic mass is 19.4. The van der Waals surface area contributed by atoms with Gasteiger partial charge in [0, 0.05) is 0 Å². The van der Waals surface area contributed by atoms with Crippen LogP contribution in [0.3, 0.4) is 0 Å². The number of halogens is 3. The van der Waals surface area contributed by atoms with Crippen LogP contribution in [0.15, 0.2) is 97.2 Å². The zero-order chi connectivity index (χ0) is 24.1. The van der Waals surface area contributed by atoms with Gasteiger partial charge in [0.1, 0.15) is 0 Å². The molecule has 3 amide bonds. The van der Waals surface area contributed by atoms with E-state index in [-0.39, 0.29) is 5.69 Å². The van der Waals surface area contributed by atoms with E-state index in [1.807, 2.05) is 0 Å². The first-order chi connectivity index (χ1) is 16.4. The highest BCUT2D eigenvalue weighted by molar-refractivity contribution is 6.02. The number of hydrogen-bond donors (Lipinski definition) is 2. The Labute approximate surface area is 192 Å². The Bertz CT molecular complexity index is 1240. The molecule has 0 unspecified atom stereocenters. The molecule has 4 rings (SSSR count). The standard InChI is InChI=1S/C24H18F3N5O2/c25-24(26,27)21-20(16-28-32(21)19-14-8-3-9-15-19)22(33)29-30-23(34)31(17-10-4-1-5-11-17)18-12-6-2-7-13-18/h1-16H,(H,29,33)(H,30,34). The summed E-state index contributed by atoms with van der Waals surface area (Å²) in [4.78, 5) is 26.9. The molecule has 172 valence electrons. The molecule has 34 heavy (non-hydrogen) atoms. The Hall–Kier alpha value is -4.60. The zero-order valence-electron chi connectivity index (χ0n) is 17.5. The van der Waals surface area contributed by atoms with E-state index in [0.717, 1.165) is 6.20 Å². The number of amides is 3. The summed E-state index contributed by atoms with van der Waals surface area (Å²) in [6, 6.07) is 24.0. The summed E-state index contributed by atoms with van der Waals surface area (Å²) in [5.74, 6) is -1.16. The van der Waals surface area contributed by atoms with Crippen LogP contribution in [0.25, 0.3) is 5.69 Å². The highest BCUT2D eigenvalue weighted by Gasteiger charge is 2.40. The predicted octanol–water partition coefficient (Wildman–Crippen LogP) is 5.08. The van der Waals surface area contributed by atoms with Crippen molar-refractivity contribution in [1.29, 1.82) is 0 Å². The summed E-state index contributed by atoms with van der Waals surface area (Å²) in [5, 5.41) is 3.74. The number of rotatable bonds is 4. The molecule has 0 aliphatic heterocycles. The lowest BCUT2D eigenvalue weighted by atomic mass is 10.2. The molecule has 0 saturated carbocycles. The summed E-state index contributed by atoms with van der Waals surface area (Å²) in [6.07, 6.45) is -4.06. The van der Waals surface area contributed by atoms with Gasteiger partial charge in [0.2, 0.25) is 0 Å². The molecule has 0 spiro atoms. The molecule has 1 heterocycles. The minimum atomic E-state index is -4.87. The minimum Gasteiger partial charge on any atom is -0.267 e. The quantitative estimate of drug-likeness (QED) is 0.413. The third-order valence-electron chi connectivity index (χ3n) is 4.80. The van der Waals surface area contributed by atoms with Crippen LogP contribution >= 0.6 is 0 Å². The smallest absolute Gasteiger partial charge is 0.267 e. The first kappa shape index (κ1) is 22.6. The molecule has 1 aromatic heterocycles. The second-order valence-electron chi connectivity index (χ2n) is 7.04. The molecule has 2 N–H and O–H groups in total. The fourth-order valence-corrected chi connectivity index (χ4v) is 3.32. The molecule has 0 aliphatic carbocycles. The number of nitrogens with zero attached hydrogens (tertiary/aromatic N) is 3. The molecular formula is C24H18F3N5O2. The van der Waals surface area contributed by atoms with E-state index in [0.29, 0.717) is 16.1 Å². The van der Waals surface area contributed by atoms with Gasteiger partial charge in [0.15, 0.2) is 5.69 Å². The summed E-state index contributed by atoms with van der Waals surface area (Å²) >= 11 is 0. The lowest BCUT2D eigenvalue weighted by Crippen LogP contribution is -2.47. The van der Waals surface area contributed by atoms with Crippen molar-refractivity contribution in [3.63, 3.8) is 0 Å². The van der Waals surface area contributed by atoms with Crippen LogP contribution in [-0.4, -0.2) is 21.7 Å². The summed E-state index contributed by atoms with van der Waals surface area (Å²) in [7, 11) is 0. The number of benzene rings is 3. The fourth-order valence-electron chi connectivity index (χ4n) is 3.32. The Kier molecular flexibility index (Phi) is 6.30. The third kappa shape index (κ3) is 4.75. The molecule has 3 aromatic carbocycles. The molecule has 0 fully saturated rings. The number of anilines is 2. The molecule has 0 saturated heterocycles. The molecule has 4 aromatic rings. The number of alkyl halides is 3. The second-order valence-corrected chi connectivity index (χ2v) is 7.04. The Morgan fingerprint density at radius 2 is 1.26 bits per heavy atom. The van der Waals surface area contributed by atoms with Crippen molar-refractivity contribution in [2.45, 2.75) is 6.18 Å². The van der Waals surface area contributed by atoms with Gasteiger partial charge in [-0.3, -0.25) is 15.1 Å². The van der Waals surface area contributed by atoms with Crippen LogP contribution in [0.2, 0.25) is 0 Å². The van der Waals surface area contributed by atoms with Gasteiger partial charge in [-0.1, -0.05) is 54.6 Å². The van der Waals surface area contributed by atoms with Crippen LogP contribution in [-0.2, 0) is 6.18 Å². The van der Waals surface area contributed by atoms with E-state index >= 15 is 0 Å². The Balaban J connectivity index is 1.59. The van der Waals surface area contributed by atoms with E-state index in [4.69, 9.17) is 0 Å². The van der Waals surface area contributed by atoms with E-state index in [1.54, 1.807) is 78.9 Å². The summed E-state index contributed by atoms with van der Waals surface area (Å²) in [5.41, 5.74) is 3.39. The number of hydrazine groups is 1. The SMILES string of the molecule is O=C(NNC(=O)N(c1ccccc1)c1ccccc1)c1cnn(-c2ccccc2)c1C(F)(F)F. The van der Waals surface area contributed by atoms with Gasteiger partial charge in [0.25, 0.3) is 5.91 Å². The van der Waals surface area contributed by atoms with Crippen LogP contribution < -0.4 is 15.8 Å². The maximum Gasteiger partial charge on any atom is 0.434 e. The summed E-state index contributed by atoms with van der Waals surface area (Å²) in [6.45, 7) is 0. The molecule has 10 heteroatoms. The van der Waals surface area contributed by atoms with Gasteiger partial charge < -0.3 is 0 Å². The van der Waals surface area contributed by atoms with Crippen LogP contribution in [0.4, 0.5) is 29.3 Å². The van der Waals surface area contributed by atoms with Gasteiger partial charge in [-0.15, -0.1) is 0 Å². The average molecular weight is 465 g/mol.